The molecule has 4 nitrogen and oxygen atoms in total. The normalized spacial score (nSPS) is 13.9. The summed E-state index contributed by atoms with van der Waals surface area (Å²) in [5.41, 5.74) is 0. The zero-order chi connectivity index (χ0) is 20.4. The predicted octanol–water partition coefficient (Wildman–Crippen LogP) is 3.33. The molecule has 164 valence electrons. The molecule has 0 heterocycles. The Bertz CT molecular complexity index is 415. The van der Waals surface area contributed by atoms with Gasteiger partial charge in [0.15, 0.2) is 0 Å². The third kappa shape index (κ3) is 20.2. The minimum atomic E-state index is -4.19. The fourth-order valence-corrected chi connectivity index (χ4v) is 4.55. The first-order valence-electron chi connectivity index (χ1n) is 11.5. The van der Waals surface area contributed by atoms with Crippen LogP contribution >= 0.6 is 0 Å². The van der Waals surface area contributed by atoms with Gasteiger partial charge in [0.1, 0.15) is 0 Å². The van der Waals surface area contributed by atoms with Gasteiger partial charge in [0.05, 0.1) is 16.2 Å². The summed E-state index contributed by atoms with van der Waals surface area (Å²) in [5.74, 6) is 0. The molecule has 0 aromatic heterocycles. The maximum absolute atomic E-state index is 11.5. The van der Waals surface area contributed by atoms with E-state index < -0.39 is 15.4 Å². The number of aliphatic hydroxyl groups is 1. The molecule has 28 heavy (non-hydrogen) atoms. The molecule has 0 saturated carbocycles. The van der Waals surface area contributed by atoms with Gasteiger partial charge in [-0.05, 0) is 25.7 Å². The molecule has 0 bridgehead atoms. The van der Waals surface area contributed by atoms with Crippen molar-refractivity contribution in [3.05, 3.63) is 0 Å². The molecule has 0 aliphatic heterocycles. The fraction of sp³-hybridized carbons (Fsp3) is 1.00. The van der Waals surface area contributed by atoms with E-state index in [9.17, 15) is 18.1 Å². The Morgan fingerprint density at radius 3 is 1.39 bits per heavy atom. The van der Waals surface area contributed by atoms with Crippen LogP contribution in [-0.4, -0.2) is 29.4 Å². The number of rotatable bonds is 20. The van der Waals surface area contributed by atoms with Crippen LogP contribution in [0.5, 0.6) is 0 Å². The van der Waals surface area contributed by atoms with Crippen LogP contribution in [-0.2, 0) is 10.1 Å². The second-order valence-corrected chi connectivity index (χ2v) is 9.82. The van der Waals surface area contributed by atoms with E-state index in [1.54, 1.807) is 0 Å². The first-order chi connectivity index (χ1) is 12.9. The zero-order valence-electron chi connectivity index (χ0n) is 19.0. The van der Waals surface area contributed by atoms with E-state index in [2.05, 4.69) is 13.8 Å². The Morgan fingerprint density at radius 1 is 0.643 bits per heavy atom. The molecule has 0 aromatic rings. The smallest absolute Gasteiger partial charge is 0.748 e. The van der Waals surface area contributed by atoms with Gasteiger partial charge in [-0.3, -0.25) is 0 Å². The average molecular weight is 429 g/mol. The van der Waals surface area contributed by atoms with Crippen LogP contribution in [0.4, 0.5) is 0 Å². The first kappa shape index (κ1) is 31.1. The van der Waals surface area contributed by atoms with Gasteiger partial charge in [-0.25, -0.2) is 8.42 Å². The fourth-order valence-electron chi connectivity index (χ4n) is 3.64. The topological polar surface area (TPSA) is 77.4 Å². The van der Waals surface area contributed by atoms with Crippen molar-refractivity contribution in [2.75, 3.05) is 0 Å². The van der Waals surface area contributed by atoms with E-state index in [4.69, 9.17) is 0 Å². The number of hydrogen-bond acceptors (Lipinski definition) is 4. The van der Waals surface area contributed by atoms with E-state index >= 15 is 0 Å². The Labute approximate surface area is 197 Å². The Morgan fingerprint density at radius 2 is 0.964 bits per heavy atom. The Kier molecular flexibility index (Phi) is 23.4. The summed E-state index contributed by atoms with van der Waals surface area (Å²) in [4.78, 5) is 0. The van der Waals surface area contributed by atoms with Crippen molar-refractivity contribution < 1.29 is 47.6 Å². The van der Waals surface area contributed by atoms with Crippen LogP contribution in [0.2, 0.25) is 0 Å². The molecule has 0 amide bonds. The molecule has 2 atom stereocenters. The number of hydrogen-bond donors (Lipinski definition) is 1. The molecular weight excluding hydrogens is 383 g/mol. The largest absolute Gasteiger partial charge is 1.00 e. The SMILES string of the molecule is CCCCCCCCCC(CCCCCC(O)CCCCCC)S(=O)(=O)[O-].[Na+]. The molecule has 0 aliphatic carbocycles. The van der Waals surface area contributed by atoms with Crippen molar-refractivity contribution in [1.82, 2.24) is 0 Å². The van der Waals surface area contributed by atoms with E-state index in [0.29, 0.717) is 12.8 Å². The summed E-state index contributed by atoms with van der Waals surface area (Å²) in [6, 6.07) is 0. The van der Waals surface area contributed by atoms with Crippen molar-refractivity contribution in [1.29, 1.82) is 0 Å². The van der Waals surface area contributed by atoms with Gasteiger partial charge in [0, 0.05) is 5.25 Å². The second kappa shape index (κ2) is 21.1. The first-order valence-corrected chi connectivity index (χ1v) is 13.0. The molecule has 0 radical (unpaired) electrons. The van der Waals surface area contributed by atoms with Crippen LogP contribution in [0.1, 0.15) is 129 Å². The van der Waals surface area contributed by atoms with Crippen LogP contribution in [0.3, 0.4) is 0 Å². The van der Waals surface area contributed by atoms with Crippen molar-refractivity contribution in [2.45, 2.75) is 141 Å². The Balaban J connectivity index is 0. The quantitative estimate of drug-likeness (QED) is 0.183. The molecular formula is C22H45NaO4S. The van der Waals surface area contributed by atoms with E-state index in [1.165, 1.54) is 44.9 Å². The second-order valence-electron chi connectivity index (χ2n) is 8.17. The standard InChI is InChI=1S/C22H46O4S.Na/c1-3-5-7-9-10-11-15-19-22(27(24,25)26)20-16-12-14-18-21(23)17-13-8-6-4-2;/h21-23H,3-20H2,1-2H3,(H,24,25,26);/q;+1/p-1. The van der Waals surface area contributed by atoms with Crippen LogP contribution in [0.15, 0.2) is 0 Å². The van der Waals surface area contributed by atoms with Crippen LogP contribution < -0.4 is 29.6 Å². The average Bonchev–Trinajstić information content (AvgIpc) is 2.61. The van der Waals surface area contributed by atoms with Gasteiger partial charge in [-0.2, -0.15) is 0 Å². The summed E-state index contributed by atoms with van der Waals surface area (Å²) in [6.45, 7) is 4.37. The molecule has 0 fully saturated rings. The molecule has 0 spiro atoms. The van der Waals surface area contributed by atoms with Crippen molar-refractivity contribution in [3.8, 4) is 0 Å². The molecule has 6 heteroatoms. The van der Waals surface area contributed by atoms with Gasteiger partial charge in [0.2, 0.25) is 0 Å². The summed E-state index contributed by atoms with van der Waals surface area (Å²) in [7, 11) is -4.19. The number of unbranched alkanes of at least 4 members (excludes halogenated alkanes) is 11. The summed E-state index contributed by atoms with van der Waals surface area (Å²) < 4.78 is 34.5. The Hall–Kier alpha value is 0.870. The summed E-state index contributed by atoms with van der Waals surface area (Å²) in [5, 5.41) is 9.25. The molecule has 0 rings (SSSR count). The van der Waals surface area contributed by atoms with Gasteiger partial charge in [-0.15, -0.1) is 0 Å². The minimum absolute atomic E-state index is 0. The van der Waals surface area contributed by atoms with Gasteiger partial charge in [0.25, 0.3) is 0 Å². The predicted molar refractivity (Wildman–Crippen MR) is 114 cm³/mol. The maximum Gasteiger partial charge on any atom is 1.00 e. The van der Waals surface area contributed by atoms with Gasteiger partial charge in [-0.1, -0.05) is 104 Å². The monoisotopic (exact) mass is 428 g/mol. The van der Waals surface area contributed by atoms with Gasteiger partial charge < -0.3 is 9.66 Å². The molecule has 0 aromatic carbocycles. The van der Waals surface area contributed by atoms with Crippen molar-refractivity contribution >= 4 is 10.1 Å². The number of aliphatic hydroxyl groups excluding tert-OH is 1. The van der Waals surface area contributed by atoms with E-state index in [1.807, 2.05) is 0 Å². The van der Waals surface area contributed by atoms with Crippen molar-refractivity contribution in [3.63, 3.8) is 0 Å². The van der Waals surface area contributed by atoms with E-state index in [-0.39, 0.29) is 35.7 Å². The molecule has 1 N–H and O–H groups in total. The van der Waals surface area contributed by atoms with Gasteiger partial charge >= 0.3 is 29.6 Å². The summed E-state index contributed by atoms with van der Waals surface area (Å²) in [6.07, 6.45) is 17.7. The molecule has 0 saturated heterocycles. The third-order valence-corrected chi connectivity index (χ3v) is 6.78. The molecule has 0 aliphatic rings. The summed E-state index contributed by atoms with van der Waals surface area (Å²) >= 11 is 0. The zero-order valence-corrected chi connectivity index (χ0v) is 21.8. The van der Waals surface area contributed by atoms with Crippen molar-refractivity contribution in [2.24, 2.45) is 0 Å². The third-order valence-electron chi connectivity index (χ3n) is 5.49. The minimum Gasteiger partial charge on any atom is -0.748 e. The van der Waals surface area contributed by atoms with E-state index in [0.717, 1.165) is 57.8 Å². The van der Waals surface area contributed by atoms with Crippen LogP contribution in [0, 0.1) is 0 Å². The molecule has 2 unspecified atom stereocenters. The van der Waals surface area contributed by atoms with Crippen LogP contribution in [0.25, 0.3) is 0 Å². The maximum atomic E-state index is 11.5.